The van der Waals surface area contributed by atoms with Gasteiger partial charge in [-0.05, 0) is 83.9 Å². The third-order valence-electron chi connectivity index (χ3n) is 9.83. The minimum Gasteiger partial charge on any atom is -0.317 e. The maximum atomic E-state index is 4.08. The smallest absolute Gasteiger partial charge is 0.0542 e. The number of nitrogens with zero attached hydrogens (tertiary/aromatic N) is 3. The molecule has 0 aliphatic heterocycles. The van der Waals surface area contributed by atoms with Gasteiger partial charge in [0.2, 0.25) is 0 Å². The first-order valence-electron chi connectivity index (χ1n) is 16.1. The molecule has 220 valence electrons. The molecule has 0 unspecified atom stereocenters. The van der Waals surface area contributed by atoms with Crippen LogP contribution >= 0.6 is 0 Å². The van der Waals surface area contributed by atoms with Crippen molar-refractivity contribution in [3.8, 4) is 22.5 Å². The van der Waals surface area contributed by atoms with Crippen molar-refractivity contribution in [1.82, 2.24) is 13.7 Å². The number of rotatable bonds is 4. The number of hydrogen-bond donors (Lipinski definition) is 0. The van der Waals surface area contributed by atoms with Crippen LogP contribution in [0.4, 0.5) is 0 Å². The Labute approximate surface area is 271 Å². The Morgan fingerprint density at radius 2 is 0.766 bits per heavy atom. The molecule has 3 aromatic heterocycles. The number of benzene rings is 7. The van der Waals surface area contributed by atoms with E-state index in [1.54, 1.807) is 0 Å². The molecule has 0 fully saturated rings. The molecule has 0 radical (unpaired) electrons. The predicted molar refractivity (Wildman–Crippen MR) is 200 cm³/mol. The van der Waals surface area contributed by atoms with Crippen LogP contribution in [-0.2, 0) is 0 Å². The summed E-state index contributed by atoms with van der Waals surface area (Å²) in [7, 11) is 0. The monoisotopic (exact) mass is 599 g/mol. The second-order valence-electron chi connectivity index (χ2n) is 12.3. The van der Waals surface area contributed by atoms with Crippen LogP contribution in [0.1, 0.15) is 0 Å². The number of aromatic nitrogens is 3. The maximum absolute atomic E-state index is 4.08. The van der Waals surface area contributed by atoms with Crippen molar-refractivity contribution in [2.45, 2.75) is 0 Å². The molecule has 0 aliphatic carbocycles. The maximum Gasteiger partial charge on any atom is 0.0542 e. The number of hydrogen-bond acceptors (Lipinski definition) is 0. The van der Waals surface area contributed by atoms with E-state index in [0.29, 0.717) is 0 Å². The van der Waals surface area contributed by atoms with E-state index in [0.717, 1.165) is 5.69 Å². The van der Waals surface area contributed by atoms with Gasteiger partial charge in [-0.3, -0.25) is 0 Å². The Kier molecular flexibility index (Phi) is 5.43. The average Bonchev–Trinajstić information content (AvgIpc) is 3.76. The zero-order chi connectivity index (χ0) is 31.1. The minimum atomic E-state index is 1.16. The third-order valence-corrected chi connectivity index (χ3v) is 9.83. The summed E-state index contributed by atoms with van der Waals surface area (Å²) < 4.78 is 6.97. The molecule has 10 rings (SSSR count). The highest BCUT2D eigenvalue weighted by atomic mass is 15.0. The van der Waals surface area contributed by atoms with E-state index in [1.807, 2.05) is 6.20 Å². The van der Waals surface area contributed by atoms with Gasteiger partial charge < -0.3 is 13.7 Å². The average molecular weight is 600 g/mol. The summed E-state index contributed by atoms with van der Waals surface area (Å²) >= 11 is 0. The molecular weight excluding hydrogens is 571 g/mol. The molecule has 0 saturated heterocycles. The van der Waals surface area contributed by atoms with E-state index in [1.165, 1.54) is 82.2 Å². The van der Waals surface area contributed by atoms with Crippen molar-refractivity contribution >= 4 is 71.6 Å². The molecule has 0 amide bonds. The summed E-state index contributed by atoms with van der Waals surface area (Å²) in [5.74, 6) is 0. The molecule has 3 heterocycles. The quantitative estimate of drug-likeness (QED) is 0.191. The van der Waals surface area contributed by atoms with E-state index in [2.05, 4.69) is 178 Å². The largest absolute Gasteiger partial charge is 0.317 e. The standard InChI is InChI=1S/C44H29N3/c1-2-45-39-17-9-6-14-33(39)36-26-29(20-23-40(36)45)30-21-24-43-37(27-30)34-15-7-11-19-42(34)47(43)32-22-25-44-38(28-32)35-16-8-10-18-41(35)46(44)31-12-4-3-5-13-31/h2-28H,1H2. The van der Waals surface area contributed by atoms with E-state index >= 15 is 0 Å². The summed E-state index contributed by atoms with van der Waals surface area (Å²) in [6.45, 7) is 4.08. The summed E-state index contributed by atoms with van der Waals surface area (Å²) in [6, 6.07) is 57.3. The molecule has 0 N–H and O–H groups in total. The highest BCUT2D eigenvalue weighted by Crippen LogP contribution is 2.39. The van der Waals surface area contributed by atoms with Crippen molar-refractivity contribution in [1.29, 1.82) is 0 Å². The topological polar surface area (TPSA) is 14.8 Å². The summed E-state index contributed by atoms with van der Waals surface area (Å²) in [4.78, 5) is 0. The fourth-order valence-electron chi connectivity index (χ4n) is 7.77. The van der Waals surface area contributed by atoms with E-state index < -0.39 is 0 Å². The van der Waals surface area contributed by atoms with E-state index in [4.69, 9.17) is 0 Å². The van der Waals surface area contributed by atoms with Gasteiger partial charge >= 0.3 is 0 Å². The Balaban J connectivity index is 1.18. The lowest BCUT2D eigenvalue weighted by Crippen LogP contribution is -1.95. The molecule has 3 nitrogen and oxygen atoms in total. The zero-order valence-electron chi connectivity index (χ0n) is 25.6. The van der Waals surface area contributed by atoms with Crippen LogP contribution in [0, 0.1) is 0 Å². The predicted octanol–water partition coefficient (Wildman–Crippen LogP) is 11.8. The van der Waals surface area contributed by atoms with Gasteiger partial charge in [-0.2, -0.15) is 0 Å². The Bertz CT molecular complexity index is 2860. The van der Waals surface area contributed by atoms with Crippen LogP contribution in [0.5, 0.6) is 0 Å². The first-order chi connectivity index (χ1) is 23.3. The van der Waals surface area contributed by atoms with Crippen LogP contribution < -0.4 is 0 Å². The fourth-order valence-corrected chi connectivity index (χ4v) is 7.77. The van der Waals surface area contributed by atoms with Gasteiger partial charge in [0.05, 0.1) is 33.1 Å². The lowest BCUT2D eigenvalue weighted by atomic mass is 10.0. The molecule has 7 aromatic carbocycles. The van der Waals surface area contributed by atoms with Crippen molar-refractivity contribution in [3.63, 3.8) is 0 Å². The molecule has 3 heteroatoms. The second kappa shape index (κ2) is 9.84. The summed E-state index contributed by atoms with van der Waals surface area (Å²) in [5, 5.41) is 7.48. The Hall–Kier alpha value is -6.32. The number of para-hydroxylation sites is 4. The molecule has 0 aliphatic rings. The highest BCUT2D eigenvalue weighted by molar-refractivity contribution is 6.14. The van der Waals surface area contributed by atoms with E-state index in [-0.39, 0.29) is 0 Å². The SMILES string of the molecule is C=Cn1c2ccccc2c2cc(-c3ccc4c(c3)c3ccccc3n4-c3ccc4c(c3)c3ccccc3n4-c3ccccc3)ccc21. The van der Waals surface area contributed by atoms with Crippen molar-refractivity contribution < 1.29 is 0 Å². The lowest BCUT2D eigenvalue weighted by Gasteiger charge is -2.10. The summed E-state index contributed by atoms with van der Waals surface area (Å²) in [5.41, 5.74) is 11.9. The van der Waals surface area contributed by atoms with Crippen LogP contribution in [0.2, 0.25) is 0 Å². The van der Waals surface area contributed by atoms with Crippen LogP contribution in [0.25, 0.3) is 94.1 Å². The zero-order valence-corrected chi connectivity index (χ0v) is 25.6. The Morgan fingerprint density at radius 3 is 1.40 bits per heavy atom. The highest BCUT2D eigenvalue weighted by Gasteiger charge is 2.17. The van der Waals surface area contributed by atoms with Gasteiger partial charge in [0.1, 0.15) is 0 Å². The molecule has 10 aromatic rings. The molecule has 47 heavy (non-hydrogen) atoms. The summed E-state index contributed by atoms with van der Waals surface area (Å²) in [6.07, 6.45) is 1.90. The molecule has 0 spiro atoms. The third kappa shape index (κ3) is 3.68. The lowest BCUT2D eigenvalue weighted by molar-refractivity contribution is 1.17. The van der Waals surface area contributed by atoms with Crippen LogP contribution in [0.15, 0.2) is 164 Å². The molecule has 0 bridgehead atoms. The van der Waals surface area contributed by atoms with E-state index in [9.17, 15) is 0 Å². The fraction of sp³-hybridized carbons (Fsp3) is 0. The van der Waals surface area contributed by atoms with Gasteiger partial charge in [-0.25, -0.2) is 0 Å². The first kappa shape index (κ1) is 26.0. The molecule has 0 atom stereocenters. The molecule has 0 saturated carbocycles. The normalized spacial score (nSPS) is 11.9. The van der Waals surface area contributed by atoms with Gasteiger partial charge in [0.25, 0.3) is 0 Å². The van der Waals surface area contributed by atoms with Crippen molar-refractivity contribution in [3.05, 3.63) is 164 Å². The van der Waals surface area contributed by atoms with Gasteiger partial charge in [0, 0.05) is 49.9 Å². The number of fused-ring (bicyclic) bond motifs is 9. The second-order valence-corrected chi connectivity index (χ2v) is 12.3. The van der Waals surface area contributed by atoms with Crippen LogP contribution in [0.3, 0.4) is 0 Å². The minimum absolute atomic E-state index is 1.16. The van der Waals surface area contributed by atoms with Crippen molar-refractivity contribution in [2.75, 3.05) is 0 Å². The molecular formula is C44H29N3. The van der Waals surface area contributed by atoms with Crippen molar-refractivity contribution in [2.24, 2.45) is 0 Å². The Morgan fingerprint density at radius 1 is 0.340 bits per heavy atom. The van der Waals surface area contributed by atoms with Gasteiger partial charge in [0.15, 0.2) is 0 Å². The van der Waals surface area contributed by atoms with Gasteiger partial charge in [-0.15, -0.1) is 0 Å². The van der Waals surface area contributed by atoms with Gasteiger partial charge in [-0.1, -0.05) is 91.5 Å². The first-order valence-corrected chi connectivity index (χ1v) is 16.1. The van der Waals surface area contributed by atoms with Crippen LogP contribution in [-0.4, -0.2) is 13.7 Å².